The van der Waals surface area contributed by atoms with Gasteiger partial charge >= 0.3 is 11.9 Å². The van der Waals surface area contributed by atoms with Crippen LogP contribution < -0.4 is 9.64 Å². The highest BCUT2D eigenvalue weighted by molar-refractivity contribution is 6.05. The van der Waals surface area contributed by atoms with Crippen molar-refractivity contribution < 1.29 is 23.8 Å². The lowest BCUT2D eigenvalue weighted by atomic mass is 9.95. The molecular formula is C22H28N2O5. The second kappa shape index (κ2) is 9.58. The third kappa shape index (κ3) is 4.60. The van der Waals surface area contributed by atoms with Gasteiger partial charge in [0.25, 0.3) is 0 Å². The molecule has 1 aliphatic heterocycles. The lowest BCUT2D eigenvalue weighted by molar-refractivity contribution is -0.148. The largest absolute Gasteiger partial charge is 0.494 e. The molecule has 0 aliphatic carbocycles. The maximum atomic E-state index is 12.6. The molecule has 7 nitrogen and oxygen atoms in total. The summed E-state index contributed by atoms with van der Waals surface area (Å²) in [4.78, 5) is 31.3. The van der Waals surface area contributed by atoms with Gasteiger partial charge in [0.05, 0.1) is 36.9 Å². The van der Waals surface area contributed by atoms with Crippen molar-refractivity contribution in [3.63, 3.8) is 0 Å². The van der Waals surface area contributed by atoms with Gasteiger partial charge in [-0.2, -0.15) is 0 Å². The predicted octanol–water partition coefficient (Wildman–Crippen LogP) is 3.59. The average Bonchev–Trinajstić information content (AvgIpc) is 2.73. The molecule has 29 heavy (non-hydrogen) atoms. The fourth-order valence-electron chi connectivity index (χ4n) is 3.71. The summed E-state index contributed by atoms with van der Waals surface area (Å²) in [5, 5.41) is 0.844. The van der Waals surface area contributed by atoms with Crippen LogP contribution in [0.25, 0.3) is 10.9 Å². The Labute approximate surface area is 170 Å². The summed E-state index contributed by atoms with van der Waals surface area (Å²) in [6, 6.07) is 5.69. The maximum Gasteiger partial charge on any atom is 0.341 e. The molecule has 1 fully saturated rings. The van der Waals surface area contributed by atoms with Gasteiger partial charge in [-0.3, -0.25) is 9.78 Å². The Kier molecular flexibility index (Phi) is 6.90. The number of rotatable bonds is 7. The number of pyridine rings is 1. The minimum absolute atomic E-state index is 0.107. The van der Waals surface area contributed by atoms with Crippen LogP contribution in [0.4, 0.5) is 5.69 Å². The van der Waals surface area contributed by atoms with E-state index in [1.54, 1.807) is 13.1 Å². The first-order valence-electron chi connectivity index (χ1n) is 10.2. The number of fused-ring (bicyclic) bond motifs is 1. The highest BCUT2D eigenvalue weighted by Crippen LogP contribution is 2.35. The van der Waals surface area contributed by atoms with E-state index in [9.17, 15) is 9.59 Å². The molecular weight excluding hydrogens is 372 g/mol. The summed E-state index contributed by atoms with van der Waals surface area (Å²) < 4.78 is 16.1. The molecule has 1 aromatic carbocycles. The fourth-order valence-corrected chi connectivity index (χ4v) is 3.71. The standard InChI is InChI=1S/C22H28N2O5/c1-4-27-16-7-8-19-17(13-16)20(18(14-23-19)22(26)29-6-3)24-11-9-15(10-12-24)21(25)28-5-2/h7-8,13-15H,4-6,9-12H2,1-3H3. The average molecular weight is 400 g/mol. The van der Waals surface area contributed by atoms with Crippen molar-refractivity contribution in [3.8, 4) is 5.75 Å². The Morgan fingerprint density at radius 1 is 1.07 bits per heavy atom. The number of hydrogen-bond acceptors (Lipinski definition) is 7. The van der Waals surface area contributed by atoms with Gasteiger partial charge in [-0.1, -0.05) is 0 Å². The molecule has 1 saturated heterocycles. The zero-order valence-electron chi connectivity index (χ0n) is 17.3. The first-order valence-corrected chi connectivity index (χ1v) is 10.2. The Hall–Kier alpha value is -2.83. The maximum absolute atomic E-state index is 12.6. The number of carbonyl (C=O) groups is 2. The summed E-state index contributed by atoms with van der Waals surface area (Å²) in [5.41, 5.74) is 2.00. The normalized spacial score (nSPS) is 14.7. The lowest BCUT2D eigenvalue weighted by Crippen LogP contribution is -2.38. The van der Waals surface area contributed by atoms with Gasteiger partial charge in [-0.05, 0) is 51.8 Å². The molecule has 3 rings (SSSR count). The van der Waals surface area contributed by atoms with E-state index >= 15 is 0 Å². The van der Waals surface area contributed by atoms with Crippen molar-refractivity contribution >= 4 is 28.5 Å². The van der Waals surface area contributed by atoms with Crippen molar-refractivity contribution in [2.24, 2.45) is 5.92 Å². The SMILES string of the molecule is CCOC(=O)c1cnc2ccc(OCC)cc2c1N1CCC(C(=O)OCC)CC1. The summed E-state index contributed by atoms with van der Waals surface area (Å²) in [7, 11) is 0. The number of esters is 2. The minimum Gasteiger partial charge on any atom is -0.494 e. The molecule has 0 unspecified atom stereocenters. The molecule has 0 bridgehead atoms. The van der Waals surface area contributed by atoms with Crippen LogP contribution in [0.15, 0.2) is 24.4 Å². The molecule has 0 amide bonds. The number of anilines is 1. The third-order valence-corrected chi connectivity index (χ3v) is 5.05. The van der Waals surface area contributed by atoms with Crippen molar-refractivity contribution in [3.05, 3.63) is 30.0 Å². The van der Waals surface area contributed by atoms with Gasteiger partial charge in [0.15, 0.2) is 0 Å². The molecule has 0 spiro atoms. The Morgan fingerprint density at radius 3 is 2.45 bits per heavy atom. The smallest absolute Gasteiger partial charge is 0.341 e. The van der Waals surface area contributed by atoms with Crippen molar-refractivity contribution in [2.45, 2.75) is 33.6 Å². The Bertz CT molecular complexity index is 875. The van der Waals surface area contributed by atoms with Crippen LogP contribution >= 0.6 is 0 Å². The quantitative estimate of drug-likeness (QED) is 0.657. The first-order chi connectivity index (χ1) is 14.1. The van der Waals surface area contributed by atoms with Gasteiger partial charge in [0.2, 0.25) is 0 Å². The fraction of sp³-hybridized carbons (Fsp3) is 0.500. The molecule has 1 aromatic heterocycles. The Morgan fingerprint density at radius 2 is 1.79 bits per heavy atom. The summed E-state index contributed by atoms with van der Waals surface area (Å²) >= 11 is 0. The molecule has 0 radical (unpaired) electrons. The van der Waals surface area contributed by atoms with E-state index in [4.69, 9.17) is 14.2 Å². The highest BCUT2D eigenvalue weighted by Gasteiger charge is 2.29. The van der Waals surface area contributed by atoms with Gasteiger partial charge in [0, 0.05) is 24.7 Å². The van der Waals surface area contributed by atoms with Crippen LogP contribution in [-0.2, 0) is 14.3 Å². The van der Waals surface area contributed by atoms with Gasteiger partial charge in [-0.15, -0.1) is 0 Å². The summed E-state index contributed by atoms with van der Waals surface area (Å²) in [6.07, 6.45) is 2.93. The predicted molar refractivity (Wildman–Crippen MR) is 110 cm³/mol. The minimum atomic E-state index is -0.397. The number of nitrogens with zero attached hydrogens (tertiary/aromatic N) is 2. The number of aromatic nitrogens is 1. The van der Waals surface area contributed by atoms with E-state index < -0.39 is 5.97 Å². The monoisotopic (exact) mass is 400 g/mol. The molecule has 0 atom stereocenters. The number of hydrogen-bond donors (Lipinski definition) is 0. The van der Waals surface area contributed by atoms with Crippen LogP contribution in [0, 0.1) is 5.92 Å². The molecule has 0 N–H and O–H groups in total. The summed E-state index contributed by atoms with van der Waals surface area (Å²) in [6.45, 7) is 8.06. The van der Waals surface area contributed by atoms with E-state index in [1.807, 2.05) is 32.0 Å². The van der Waals surface area contributed by atoms with Gasteiger partial charge in [-0.25, -0.2) is 4.79 Å². The van der Waals surface area contributed by atoms with E-state index in [1.165, 1.54) is 0 Å². The number of carbonyl (C=O) groups excluding carboxylic acids is 2. The molecule has 7 heteroatoms. The third-order valence-electron chi connectivity index (χ3n) is 5.05. The Balaban J connectivity index is 1.99. The first kappa shape index (κ1) is 20.9. The molecule has 2 heterocycles. The van der Waals surface area contributed by atoms with E-state index in [0.717, 1.165) is 22.3 Å². The topological polar surface area (TPSA) is 78.0 Å². The molecule has 156 valence electrons. The number of piperidine rings is 1. The lowest BCUT2D eigenvalue weighted by Gasteiger charge is -2.34. The highest BCUT2D eigenvalue weighted by atomic mass is 16.5. The summed E-state index contributed by atoms with van der Waals surface area (Å²) in [5.74, 6) is 0.0806. The zero-order valence-corrected chi connectivity index (χ0v) is 17.3. The van der Waals surface area contributed by atoms with Gasteiger partial charge in [0.1, 0.15) is 11.3 Å². The second-order valence-electron chi connectivity index (χ2n) is 6.87. The molecule has 1 aliphatic rings. The van der Waals surface area contributed by atoms with Crippen LogP contribution in [0.3, 0.4) is 0 Å². The van der Waals surface area contributed by atoms with Crippen LogP contribution in [0.1, 0.15) is 44.0 Å². The number of ether oxygens (including phenoxy) is 3. The van der Waals surface area contributed by atoms with Crippen molar-refractivity contribution in [2.75, 3.05) is 37.8 Å². The molecule has 2 aromatic rings. The van der Waals surface area contributed by atoms with Gasteiger partial charge < -0.3 is 19.1 Å². The van der Waals surface area contributed by atoms with E-state index in [2.05, 4.69) is 9.88 Å². The van der Waals surface area contributed by atoms with E-state index in [-0.39, 0.29) is 11.9 Å². The second-order valence-corrected chi connectivity index (χ2v) is 6.87. The zero-order chi connectivity index (χ0) is 20.8. The van der Waals surface area contributed by atoms with Crippen LogP contribution in [-0.4, -0.2) is 49.8 Å². The van der Waals surface area contributed by atoms with E-state index in [0.29, 0.717) is 51.3 Å². The number of benzene rings is 1. The van der Waals surface area contributed by atoms with Crippen LogP contribution in [0.5, 0.6) is 5.75 Å². The van der Waals surface area contributed by atoms with Crippen LogP contribution in [0.2, 0.25) is 0 Å². The van der Waals surface area contributed by atoms with Crippen molar-refractivity contribution in [1.29, 1.82) is 0 Å². The van der Waals surface area contributed by atoms with Crippen molar-refractivity contribution in [1.82, 2.24) is 4.98 Å². The molecule has 0 saturated carbocycles.